The topological polar surface area (TPSA) is 270 Å². The van der Waals surface area contributed by atoms with Crippen LogP contribution in [0.3, 0.4) is 0 Å². The Morgan fingerprint density at radius 3 is 2.07 bits per heavy atom. The quantitative estimate of drug-likeness (QED) is 0.0173. The van der Waals surface area contributed by atoms with Crippen LogP contribution in [0.1, 0.15) is 39.2 Å². The molecule has 1 rings (SSSR count). The van der Waals surface area contributed by atoms with E-state index in [0.717, 1.165) is 5.56 Å². The molecule has 0 saturated heterocycles. The molecule has 0 bridgehead atoms. The summed E-state index contributed by atoms with van der Waals surface area (Å²) in [5.41, 5.74) is 21.5. The SMILES string of the molecule is CC(C)[C@@H](C=O)NN[C@@H](CCCN=C(N)N)C(=O)NCC(=O)NC(C(=O)N[C@H](C=O)Cc1ccccc1)C(C)[S-](=O)=O.CN.[Y]. The van der Waals surface area contributed by atoms with Crippen molar-refractivity contribution in [3.63, 3.8) is 0 Å². The minimum atomic E-state index is -2.75. The number of amides is 3. The first kappa shape index (κ1) is 44.3. The van der Waals surface area contributed by atoms with E-state index in [1.165, 1.54) is 14.0 Å². The van der Waals surface area contributed by atoms with Gasteiger partial charge in [-0.15, -0.1) is 0 Å². The molecule has 16 nitrogen and oxygen atoms in total. The first-order valence-corrected chi connectivity index (χ1v) is 15.1. The average Bonchev–Trinajstić information content (AvgIpc) is 3.00. The van der Waals surface area contributed by atoms with E-state index in [9.17, 15) is 32.4 Å². The van der Waals surface area contributed by atoms with Crippen molar-refractivity contribution >= 4 is 47.0 Å². The molecule has 45 heavy (non-hydrogen) atoms. The predicted molar refractivity (Wildman–Crippen MR) is 166 cm³/mol. The number of guanidine groups is 1. The fourth-order valence-corrected chi connectivity index (χ4v) is 4.04. The van der Waals surface area contributed by atoms with Gasteiger partial charge in [-0.25, -0.2) is 10.9 Å². The number of benzene rings is 1. The zero-order valence-corrected chi connectivity index (χ0v) is 29.7. The molecule has 1 aromatic carbocycles. The van der Waals surface area contributed by atoms with Gasteiger partial charge < -0.3 is 51.2 Å². The maximum atomic E-state index is 12.9. The number of aldehydes is 2. The molecule has 0 fully saturated rings. The van der Waals surface area contributed by atoms with E-state index in [-0.39, 0.29) is 64.0 Å². The number of aliphatic imine (C=N–C) groups is 1. The summed E-state index contributed by atoms with van der Waals surface area (Å²) >= 11 is 0. The van der Waals surface area contributed by atoms with Crippen LogP contribution in [0.25, 0.3) is 0 Å². The van der Waals surface area contributed by atoms with Crippen LogP contribution in [0.2, 0.25) is 0 Å². The van der Waals surface area contributed by atoms with Gasteiger partial charge in [-0.3, -0.25) is 19.4 Å². The summed E-state index contributed by atoms with van der Waals surface area (Å²) in [7, 11) is -1.25. The fraction of sp³-hybridized carbons (Fsp3) is 0.556. The fourth-order valence-electron chi connectivity index (χ4n) is 3.62. The molecule has 0 aromatic heterocycles. The van der Waals surface area contributed by atoms with Gasteiger partial charge in [0.2, 0.25) is 17.7 Å². The number of hydrazine groups is 1. The molecule has 0 aliphatic heterocycles. The van der Waals surface area contributed by atoms with Gasteiger partial charge in [0, 0.05) is 39.3 Å². The van der Waals surface area contributed by atoms with Crippen molar-refractivity contribution in [3.05, 3.63) is 35.9 Å². The largest absolute Gasteiger partial charge is 0.424 e. The van der Waals surface area contributed by atoms with E-state index in [4.69, 9.17) is 11.5 Å². The van der Waals surface area contributed by atoms with Crippen molar-refractivity contribution in [1.29, 1.82) is 0 Å². The summed E-state index contributed by atoms with van der Waals surface area (Å²) in [6.07, 6.45) is 1.99. The average molecular weight is 730 g/mol. The Morgan fingerprint density at radius 2 is 1.56 bits per heavy atom. The van der Waals surface area contributed by atoms with E-state index >= 15 is 0 Å². The van der Waals surface area contributed by atoms with Crippen LogP contribution < -0.4 is 44.0 Å². The molecule has 1 radical (unpaired) electrons. The van der Waals surface area contributed by atoms with Gasteiger partial charge in [0.15, 0.2) is 5.96 Å². The van der Waals surface area contributed by atoms with Crippen molar-refractivity contribution in [2.75, 3.05) is 20.1 Å². The van der Waals surface area contributed by atoms with Gasteiger partial charge in [-0.1, -0.05) is 61.8 Å². The number of carbonyl (C=O) groups is 5. The maximum absolute atomic E-state index is 12.9. The maximum Gasteiger partial charge on any atom is 0.241 e. The molecule has 0 spiro atoms. The Bertz CT molecular complexity index is 1140. The Morgan fingerprint density at radius 1 is 0.933 bits per heavy atom. The zero-order chi connectivity index (χ0) is 33.7. The van der Waals surface area contributed by atoms with Gasteiger partial charge in [0.05, 0.1) is 24.7 Å². The van der Waals surface area contributed by atoms with Crippen molar-refractivity contribution in [2.24, 2.45) is 28.1 Å². The van der Waals surface area contributed by atoms with Gasteiger partial charge in [-0.05, 0) is 43.0 Å². The first-order chi connectivity index (χ1) is 20.9. The second-order valence-corrected chi connectivity index (χ2v) is 11.1. The predicted octanol–water partition coefficient (Wildman–Crippen LogP) is -2.48. The first-order valence-electron chi connectivity index (χ1n) is 13.9. The number of hydrogen-bond acceptors (Lipinski definition) is 12. The second kappa shape index (κ2) is 25.4. The summed E-state index contributed by atoms with van der Waals surface area (Å²) in [6, 6.07) is 4.86. The van der Waals surface area contributed by atoms with Crippen molar-refractivity contribution < 1.29 is 65.1 Å². The summed E-state index contributed by atoms with van der Waals surface area (Å²) < 4.78 is 23.3. The molecule has 11 N–H and O–H groups in total. The smallest absolute Gasteiger partial charge is 0.241 e. The van der Waals surface area contributed by atoms with Crippen LogP contribution in [-0.4, -0.2) is 85.8 Å². The summed E-state index contributed by atoms with van der Waals surface area (Å²) in [5, 5.41) is 5.87. The van der Waals surface area contributed by atoms with Crippen LogP contribution in [0.4, 0.5) is 0 Å². The van der Waals surface area contributed by atoms with Crippen molar-refractivity contribution in [2.45, 2.75) is 69.5 Å². The molecule has 2 unspecified atom stereocenters. The van der Waals surface area contributed by atoms with Gasteiger partial charge >= 0.3 is 0 Å². The summed E-state index contributed by atoms with van der Waals surface area (Å²) in [4.78, 5) is 65.3. The number of nitrogens with zero attached hydrogens (tertiary/aromatic N) is 1. The zero-order valence-electron chi connectivity index (χ0n) is 26.1. The standard InChI is InChI=1S/C26H41N8O7S.CH5N.Y/c1-16(2)21(15-36)34-33-20(10-7-11-29-26(27)28)24(38)30-13-22(37)32-23(17(3)42(40)41)25(39)31-19(14-35)12-18-8-5-4-6-9-18;1-2;/h4-6,8-9,14-17,19-21,23,33-34H,7,10-13H2,1-3H3,(H,30,38)(H,31,39)(H,32,37)(H4,27,28,29);2H2,1H3;/q-1;;/t17?,19-,20-,21+,23?;;/m0../s1. The van der Waals surface area contributed by atoms with E-state index in [1.807, 2.05) is 13.8 Å². The van der Waals surface area contributed by atoms with E-state index < -0.39 is 64.4 Å². The molecule has 0 saturated carbocycles. The Kier molecular flexibility index (Phi) is 25.0. The molecule has 1 aromatic rings. The van der Waals surface area contributed by atoms with E-state index in [2.05, 4.69) is 37.5 Å². The molecule has 18 heteroatoms. The normalized spacial score (nSPS) is 13.8. The minimum Gasteiger partial charge on any atom is -0.424 e. The molecular formula is C27H46N9O7SY-. The number of carbonyl (C=O) groups excluding carboxylic acids is 5. The molecule has 3 amide bonds. The number of nitrogens with two attached hydrogens (primary N) is 3. The number of nitrogens with one attached hydrogen (secondary N) is 5. The molecule has 251 valence electrons. The summed E-state index contributed by atoms with van der Waals surface area (Å²) in [5.74, 6) is -2.51. The van der Waals surface area contributed by atoms with Crippen molar-refractivity contribution in [3.8, 4) is 0 Å². The summed E-state index contributed by atoms with van der Waals surface area (Å²) in [6.45, 7) is 4.50. The Balaban J connectivity index is 0. The van der Waals surface area contributed by atoms with Crippen LogP contribution in [-0.2, 0) is 82.2 Å². The number of rotatable bonds is 20. The van der Waals surface area contributed by atoms with Crippen LogP contribution >= 0.6 is 0 Å². The van der Waals surface area contributed by atoms with Gasteiger partial charge in [-0.2, -0.15) is 0 Å². The Labute approximate surface area is 291 Å². The van der Waals surface area contributed by atoms with Gasteiger partial charge in [0.1, 0.15) is 18.6 Å². The van der Waals surface area contributed by atoms with Crippen molar-refractivity contribution in [1.82, 2.24) is 26.8 Å². The third-order valence-electron chi connectivity index (χ3n) is 6.14. The minimum absolute atomic E-state index is 0. The molecule has 0 aliphatic rings. The van der Waals surface area contributed by atoms with E-state index in [0.29, 0.717) is 19.0 Å². The van der Waals surface area contributed by atoms with Crippen LogP contribution in [0.15, 0.2) is 35.3 Å². The molecule has 0 heterocycles. The molecular weight excluding hydrogens is 683 g/mol. The second-order valence-electron chi connectivity index (χ2n) is 9.87. The number of hydrogen-bond donors (Lipinski definition) is 8. The third-order valence-corrected chi connectivity index (χ3v) is 7.02. The van der Waals surface area contributed by atoms with E-state index in [1.54, 1.807) is 30.3 Å². The Hall–Kier alpha value is -2.83. The molecule has 5 atom stereocenters. The third kappa shape index (κ3) is 18.7. The van der Waals surface area contributed by atoms with Crippen LogP contribution in [0, 0.1) is 5.92 Å². The van der Waals surface area contributed by atoms with Gasteiger partial charge in [0.25, 0.3) is 0 Å². The monoisotopic (exact) mass is 729 g/mol. The molecule has 0 aliphatic carbocycles. The van der Waals surface area contributed by atoms with Crippen LogP contribution in [0.5, 0.6) is 0 Å².